The van der Waals surface area contributed by atoms with Crippen LogP contribution in [0.3, 0.4) is 0 Å². The molecule has 6 N–H and O–H groups in total. The number of aromatic nitrogens is 2. The molecule has 4 atom stereocenters. The van der Waals surface area contributed by atoms with Gasteiger partial charge in [0.2, 0.25) is 11.9 Å². The van der Waals surface area contributed by atoms with Gasteiger partial charge in [0.1, 0.15) is 35.7 Å². The molecule has 2 fully saturated rings. The number of halogens is 3. The van der Waals surface area contributed by atoms with Crippen LogP contribution in [0.2, 0.25) is 5.02 Å². The zero-order chi connectivity index (χ0) is 33.2. The highest BCUT2D eigenvalue weighted by Crippen LogP contribution is 2.26. The highest BCUT2D eigenvalue weighted by Gasteiger charge is 2.33. The monoisotopic (exact) mass is 671 g/mol. The number of piperidine rings is 1. The molecule has 0 bridgehead atoms. The van der Waals surface area contributed by atoms with Crippen molar-refractivity contribution in [2.24, 2.45) is 11.8 Å². The normalized spacial score (nSPS) is 18.6. The second kappa shape index (κ2) is 17.4. The van der Waals surface area contributed by atoms with Gasteiger partial charge in [-0.3, -0.25) is 4.79 Å². The molecule has 2 aromatic rings. The third-order valence-electron chi connectivity index (χ3n) is 8.64. The van der Waals surface area contributed by atoms with E-state index < -0.39 is 55.0 Å². The molecule has 0 aliphatic carbocycles. The Kier molecular flexibility index (Phi) is 13.7. The fraction of sp³-hybridized carbons (Fsp3) is 0.645. The molecule has 2 aliphatic heterocycles. The van der Waals surface area contributed by atoms with E-state index in [1.165, 1.54) is 4.90 Å². The quantitative estimate of drug-likeness (QED) is 0.132. The summed E-state index contributed by atoms with van der Waals surface area (Å²) < 4.78 is 35.1. The number of nitrogens with one attached hydrogen (secondary N) is 1. The van der Waals surface area contributed by atoms with Crippen LogP contribution in [0.5, 0.6) is 5.75 Å². The van der Waals surface area contributed by atoms with Crippen LogP contribution in [-0.4, -0.2) is 123 Å². The van der Waals surface area contributed by atoms with Crippen LogP contribution < -0.4 is 15.0 Å². The molecular weight excluding hydrogens is 628 g/mol. The average molecular weight is 672 g/mol. The van der Waals surface area contributed by atoms with Gasteiger partial charge in [-0.25, -0.2) is 18.7 Å². The molecule has 1 amide bonds. The van der Waals surface area contributed by atoms with Crippen LogP contribution in [0.15, 0.2) is 24.5 Å². The molecule has 0 radical (unpaired) electrons. The van der Waals surface area contributed by atoms with E-state index >= 15 is 0 Å². The van der Waals surface area contributed by atoms with Crippen molar-refractivity contribution in [2.75, 3.05) is 57.4 Å². The van der Waals surface area contributed by atoms with Gasteiger partial charge in [0.05, 0.1) is 43.2 Å². The van der Waals surface area contributed by atoms with Crippen molar-refractivity contribution in [2.45, 2.75) is 62.9 Å². The molecule has 0 saturated carbocycles. The van der Waals surface area contributed by atoms with Crippen molar-refractivity contribution in [3.63, 3.8) is 0 Å². The Morgan fingerprint density at radius 3 is 2.26 bits per heavy atom. The first-order chi connectivity index (χ1) is 22.0. The first-order valence-corrected chi connectivity index (χ1v) is 16.1. The standard InChI is InChI=1S/C31H44ClF2N5O7/c32-21-13-36-31(37-14-21)38-6-4-19(5-7-38)3-1-2-8-46-22-9-24(33)23(25(34)10-22)11-28(43)39-16-20(17-39)12-35-15-26(41)29(44)30(45)27(42)18-40/h9-10,13-14,19-20,26-27,29-30,35,40-42,44-45H,1-8,11-12,15-18H2. The van der Waals surface area contributed by atoms with Crippen LogP contribution in [-0.2, 0) is 11.2 Å². The first-order valence-electron chi connectivity index (χ1n) is 15.7. The lowest BCUT2D eigenvalue weighted by Gasteiger charge is -2.39. The van der Waals surface area contributed by atoms with Gasteiger partial charge < -0.3 is 45.4 Å². The Morgan fingerprint density at radius 1 is 1.00 bits per heavy atom. The van der Waals surface area contributed by atoms with Gasteiger partial charge in [-0.1, -0.05) is 18.0 Å². The Balaban J connectivity index is 1.09. The summed E-state index contributed by atoms with van der Waals surface area (Å²) in [5, 5.41) is 51.1. The van der Waals surface area contributed by atoms with E-state index in [1.54, 1.807) is 12.4 Å². The summed E-state index contributed by atoms with van der Waals surface area (Å²) >= 11 is 5.87. The lowest BCUT2D eigenvalue weighted by atomic mass is 9.92. The Bertz CT molecular complexity index is 1230. The van der Waals surface area contributed by atoms with Crippen LogP contribution in [0.4, 0.5) is 14.7 Å². The van der Waals surface area contributed by atoms with E-state index in [0.717, 1.165) is 57.3 Å². The molecular formula is C31H44ClF2N5O7. The minimum Gasteiger partial charge on any atom is -0.493 e. The van der Waals surface area contributed by atoms with Crippen molar-refractivity contribution in [3.05, 3.63) is 46.7 Å². The molecule has 1 aromatic carbocycles. The highest BCUT2D eigenvalue weighted by molar-refractivity contribution is 6.30. The molecule has 0 spiro atoms. The number of carbonyl (C=O) groups is 1. The summed E-state index contributed by atoms with van der Waals surface area (Å²) in [5.41, 5.74) is -0.310. The number of benzene rings is 1. The third-order valence-corrected chi connectivity index (χ3v) is 8.84. The van der Waals surface area contributed by atoms with Gasteiger partial charge in [-0.15, -0.1) is 0 Å². The fourth-order valence-corrected chi connectivity index (χ4v) is 5.83. The van der Waals surface area contributed by atoms with Gasteiger partial charge in [0, 0.05) is 62.9 Å². The number of ether oxygens (including phenoxy) is 1. The molecule has 4 rings (SSSR count). The Labute approximate surface area is 272 Å². The zero-order valence-corrected chi connectivity index (χ0v) is 26.4. The maximum atomic E-state index is 14.8. The van der Waals surface area contributed by atoms with Crippen LogP contribution in [0.1, 0.15) is 37.7 Å². The van der Waals surface area contributed by atoms with Crippen molar-refractivity contribution < 1.29 is 43.8 Å². The molecule has 1 aromatic heterocycles. The number of unbranched alkanes of at least 4 members (excludes halogenated alkanes) is 1. The Morgan fingerprint density at radius 2 is 1.63 bits per heavy atom. The zero-order valence-electron chi connectivity index (χ0n) is 25.6. The average Bonchev–Trinajstić information content (AvgIpc) is 3.03. The minimum atomic E-state index is -1.71. The summed E-state index contributed by atoms with van der Waals surface area (Å²) in [7, 11) is 0. The van der Waals surface area contributed by atoms with Gasteiger partial charge in [-0.05, 0) is 31.6 Å². The molecule has 256 valence electrons. The maximum absolute atomic E-state index is 14.8. The predicted molar refractivity (Wildman–Crippen MR) is 165 cm³/mol. The second-order valence-electron chi connectivity index (χ2n) is 12.1. The van der Waals surface area contributed by atoms with Crippen LogP contribution >= 0.6 is 11.6 Å². The molecule has 15 heteroatoms. The summed E-state index contributed by atoms with van der Waals surface area (Å²) in [6.45, 7) is 2.35. The number of aliphatic hydroxyl groups excluding tert-OH is 5. The lowest BCUT2D eigenvalue weighted by molar-refractivity contribution is -0.136. The molecule has 46 heavy (non-hydrogen) atoms. The van der Waals surface area contributed by atoms with Crippen LogP contribution in [0.25, 0.3) is 0 Å². The topological polar surface area (TPSA) is 172 Å². The summed E-state index contributed by atoms with van der Waals surface area (Å²) in [5.74, 6) is -0.677. The molecule has 2 saturated heterocycles. The summed E-state index contributed by atoms with van der Waals surface area (Å²) in [6, 6.07) is 2.22. The van der Waals surface area contributed by atoms with E-state index in [0.29, 0.717) is 43.1 Å². The molecule has 3 heterocycles. The van der Waals surface area contributed by atoms with Crippen molar-refractivity contribution in [1.29, 1.82) is 0 Å². The van der Waals surface area contributed by atoms with Gasteiger partial charge in [-0.2, -0.15) is 0 Å². The number of amides is 1. The smallest absolute Gasteiger partial charge is 0.227 e. The van der Waals surface area contributed by atoms with E-state index in [9.17, 15) is 34.0 Å². The minimum absolute atomic E-state index is 0.0310. The maximum Gasteiger partial charge on any atom is 0.227 e. The largest absolute Gasteiger partial charge is 0.493 e. The Hall–Kier alpha value is -2.72. The van der Waals surface area contributed by atoms with Gasteiger partial charge >= 0.3 is 0 Å². The van der Waals surface area contributed by atoms with Crippen molar-refractivity contribution >= 4 is 23.5 Å². The molecule has 12 nitrogen and oxygen atoms in total. The number of aliphatic hydroxyl groups is 5. The molecule has 4 unspecified atom stereocenters. The van der Waals surface area contributed by atoms with Crippen molar-refractivity contribution in [1.82, 2.24) is 20.2 Å². The third kappa shape index (κ3) is 10.1. The number of likely N-dealkylation sites (tertiary alicyclic amines) is 1. The number of hydrogen-bond donors (Lipinski definition) is 6. The van der Waals surface area contributed by atoms with E-state index in [1.807, 2.05) is 0 Å². The number of nitrogens with zero attached hydrogens (tertiary/aromatic N) is 4. The summed E-state index contributed by atoms with van der Waals surface area (Å²) in [4.78, 5) is 24.8. The van der Waals surface area contributed by atoms with E-state index in [-0.39, 0.29) is 23.8 Å². The van der Waals surface area contributed by atoms with E-state index in [4.69, 9.17) is 21.4 Å². The highest BCUT2D eigenvalue weighted by atomic mass is 35.5. The predicted octanol–water partition coefficient (Wildman–Crippen LogP) is 0.900. The molecule has 2 aliphatic rings. The summed E-state index contributed by atoms with van der Waals surface area (Å²) in [6.07, 6.45) is 1.26. The number of rotatable bonds is 17. The number of hydrogen-bond acceptors (Lipinski definition) is 11. The SMILES string of the molecule is O=C(Cc1c(F)cc(OCCCCC2CCN(c3ncc(Cl)cn3)CC2)cc1F)N1CC(CNCC(O)C(O)C(O)C(O)CO)C1. The number of carbonyl (C=O) groups excluding carboxylic acids is 1. The van der Waals surface area contributed by atoms with Gasteiger partial charge in [0.25, 0.3) is 0 Å². The fourth-order valence-electron chi connectivity index (χ4n) is 5.73. The first kappa shape index (κ1) is 36.1. The van der Waals surface area contributed by atoms with E-state index in [2.05, 4.69) is 20.2 Å². The van der Waals surface area contributed by atoms with Gasteiger partial charge in [0.15, 0.2) is 0 Å². The lowest BCUT2D eigenvalue weighted by Crippen LogP contribution is -2.55. The van der Waals surface area contributed by atoms with Crippen molar-refractivity contribution in [3.8, 4) is 5.75 Å². The number of anilines is 1. The van der Waals surface area contributed by atoms with Crippen LogP contribution in [0, 0.1) is 23.5 Å². The second-order valence-corrected chi connectivity index (χ2v) is 12.6.